The number of hydrogen-bond donors (Lipinski definition) is 0. The maximum absolute atomic E-state index is 8.91. The molecule has 0 aliphatic carbocycles. The van der Waals surface area contributed by atoms with Crippen molar-refractivity contribution < 1.29 is 0 Å². The molecule has 15 heavy (non-hydrogen) atoms. The van der Waals surface area contributed by atoms with E-state index < -0.39 is 0 Å². The van der Waals surface area contributed by atoms with E-state index in [1.807, 2.05) is 18.2 Å². The van der Waals surface area contributed by atoms with Gasteiger partial charge in [0.25, 0.3) is 0 Å². The van der Waals surface area contributed by atoms with E-state index in [1.165, 1.54) is 35.1 Å². The Kier molecular flexibility index (Phi) is 5.00. The van der Waals surface area contributed by atoms with Crippen LogP contribution in [0.3, 0.4) is 0 Å². The van der Waals surface area contributed by atoms with Crippen molar-refractivity contribution in [2.75, 3.05) is 11.5 Å². The van der Waals surface area contributed by atoms with E-state index in [0.29, 0.717) is 16.3 Å². The zero-order valence-electron chi connectivity index (χ0n) is 7.43. The summed E-state index contributed by atoms with van der Waals surface area (Å²) < 4.78 is 4.83. The van der Waals surface area contributed by atoms with Gasteiger partial charge in [-0.3, -0.25) is 0 Å². The third kappa shape index (κ3) is 3.14. The van der Waals surface area contributed by atoms with Crippen LogP contribution in [0.1, 0.15) is 5.56 Å². The monoisotopic (exact) mass is 252 g/mol. The minimum Gasteiger partial charge on any atom is -0.197 e. The van der Waals surface area contributed by atoms with Crippen molar-refractivity contribution in [2.24, 2.45) is 0 Å². The van der Waals surface area contributed by atoms with E-state index in [-0.39, 0.29) is 5.75 Å². The van der Waals surface area contributed by atoms with Crippen LogP contribution in [-0.4, -0.2) is 15.9 Å². The molecular formula is C8H4N4S3. The largest absolute Gasteiger partial charge is 0.197 e. The van der Waals surface area contributed by atoms with Crippen molar-refractivity contribution in [3.63, 3.8) is 0 Å². The standard InChI is InChI=1S/C8H4N4S3/c9-1-3-13-7-6(5-11)8(15-12-7)14-4-2-10/h3-4H2. The average Bonchev–Trinajstić information content (AvgIpc) is 2.65. The number of thioether (sulfide) groups is 2. The fourth-order valence-corrected chi connectivity index (χ4v) is 3.17. The van der Waals surface area contributed by atoms with Gasteiger partial charge < -0.3 is 0 Å². The van der Waals surface area contributed by atoms with Crippen molar-refractivity contribution >= 4 is 35.1 Å². The lowest BCUT2D eigenvalue weighted by Crippen LogP contribution is -1.80. The first kappa shape index (κ1) is 11.9. The van der Waals surface area contributed by atoms with Crippen LogP contribution >= 0.6 is 35.1 Å². The van der Waals surface area contributed by atoms with E-state index in [1.54, 1.807) is 0 Å². The Hall–Kier alpha value is -1.20. The number of nitriles is 3. The predicted molar refractivity (Wildman–Crippen MR) is 59.5 cm³/mol. The van der Waals surface area contributed by atoms with Gasteiger partial charge in [-0.25, -0.2) is 0 Å². The minimum absolute atomic E-state index is 0.279. The number of aromatic nitrogens is 1. The summed E-state index contributed by atoms with van der Waals surface area (Å²) >= 11 is 3.75. The van der Waals surface area contributed by atoms with Crippen molar-refractivity contribution in [3.8, 4) is 18.2 Å². The van der Waals surface area contributed by atoms with Crippen molar-refractivity contribution in [1.29, 1.82) is 15.8 Å². The highest BCUT2D eigenvalue weighted by Crippen LogP contribution is 2.33. The lowest BCUT2D eigenvalue weighted by molar-refractivity contribution is 1.23. The predicted octanol–water partition coefficient (Wildman–Crippen LogP) is 2.25. The molecule has 0 saturated heterocycles. The van der Waals surface area contributed by atoms with E-state index in [2.05, 4.69) is 4.37 Å². The number of hydrogen-bond acceptors (Lipinski definition) is 7. The topological polar surface area (TPSA) is 84.3 Å². The molecule has 1 heterocycles. The Morgan fingerprint density at radius 2 is 1.80 bits per heavy atom. The summed E-state index contributed by atoms with van der Waals surface area (Å²) in [6, 6.07) is 6.02. The lowest BCUT2D eigenvalue weighted by Gasteiger charge is -1.92. The highest BCUT2D eigenvalue weighted by Gasteiger charge is 2.13. The molecule has 0 fully saturated rings. The van der Waals surface area contributed by atoms with Crippen molar-refractivity contribution in [1.82, 2.24) is 4.37 Å². The minimum atomic E-state index is 0.279. The molecular weight excluding hydrogens is 248 g/mol. The highest BCUT2D eigenvalue weighted by atomic mass is 32.2. The lowest BCUT2D eigenvalue weighted by atomic mass is 10.4. The van der Waals surface area contributed by atoms with Gasteiger partial charge in [-0.15, -0.1) is 0 Å². The van der Waals surface area contributed by atoms with Crippen LogP contribution in [0.2, 0.25) is 0 Å². The summed E-state index contributed by atoms with van der Waals surface area (Å²) in [6.45, 7) is 0. The van der Waals surface area contributed by atoms with E-state index in [0.717, 1.165) is 4.21 Å². The summed E-state index contributed by atoms with van der Waals surface area (Å²) in [5.41, 5.74) is 0.487. The fraction of sp³-hybridized carbons (Fsp3) is 0.250. The first-order valence-electron chi connectivity index (χ1n) is 3.72. The van der Waals surface area contributed by atoms with Crippen LogP contribution in [0.5, 0.6) is 0 Å². The number of nitrogens with zero attached hydrogens (tertiary/aromatic N) is 4. The highest BCUT2D eigenvalue weighted by molar-refractivity contribution is 8.01. The molecule has 0 amide bonds. The second-order valence-electron chi connectivity index (χ2n) is 2.16. The van der Waals surface area contributed by atoms with Crippen LogP contribution < -0.4 is 0 Å². The summed E-state index contributed by atoms with van der Waals surface area (Å²) in [5.74, 6) is 0.583. The first-order valence-corrected chi connectivity index (χ1v) is 6.47. The van der Waals surface area contributed by atoms with Crippen molar-refractivity contribution in [3.05, 3.63) is 5.56 Å². The maximum atomic E-state index is 8.91. The summed E-state index contributed by atoms with van der Waals surface area (Å²) in [4.78, 5) is 0. The molecule has 0 radical (unpaired) electrons. The molecule has 74 valence electrons. The second-order valence-corrected chi connectivity index (χ2v) is 5.14. The molecule has 7 heteroatoms. The third-order valence-electron chi connectivity index (χ3n) is 1.28. The molecule has 0 aliphatic rings. The molecule has 0 N–H and O–H groups in total. The Balaban J connectivity index is 2.83. The van der Waals surface area contributed by atoms with Gasteiger partial charge in [0.15, 0.2) is 0 Å². The zero-order valence-corrected chi connectivity index (χ0v) is 9.88. The molecule has 0 aromatic carbocycles. The first-order chi connectivity index (χ1) is 7.33. The Morgan fingerprint density at radius 1 is 1.13 bits per heavy atom. The summed E-state index contributed by atoms with van der Waals surface area (Å²) in [5, 5.41) is 26.3. The van der Waals surface area contributed by atoms with Gasteiger partial charge in [-0.1, -0.05) is 23.5 Å². The van der Waals surface area contributed by atoms with Crippen LogP contribution in [0.4, 0.5) is 0 Å². The van der Waals surface area contributed by atoms with Gasteiger partial charge in [-0.05, 0) is 11.5 Å². The van der Waals surface area contributed by atoms with Gasteiger partial charge in [-0.2, -0.15) is 20.2 Å². The molecule has 1 rings (SSSR count). The molecule has 1 aromatic heterocycles. The average molecular weight is 252 g/mol. The van der Waals surface area contributed by atoms with E-state index in [4.69, 9.17) is 15.8 Å². The molecule has 0 aliphatic heterocycles. The molecule has 0 atom stereocenters. The van der Waals surface area contributed by atoms with Gasteiger partial charge in [0.2, 0.25) is 0 Å². The molecule has 1 aromatic rings. The van der Waals surface area contributed by atoms with Gasteiger partial charge in [0.05, 0.1) is 23.6 Å². The molecule has 4 nitrogen and oxygen atoms in total. The Bertz CT molecular complexity index is 424. The van der Waals surface area contributed by atoms with E-state index >= 15 is 0 Å². The second kappa shape index (κ2) is 6.31. The third-order valence-corrected chi connectivity index (χ3v) is 4.20. The van der Waals surface area contributed by atoms with Gasteiger partial charge in [0, 0.05) is 0 Å². The summed E-state index contributed by atoms with van der Waals surface area (Å²) in [7, 11) is 0. The normalized spacial score (nSPS) is 8.87. The Labute approximate surface area is 99.7 Å². The Morgan fingerprint density at radius 3 is 2.40 bits per heavy atom. The fourth-order valence-electron chi connectivity index (χ4n) is 0.750. The van der Waals surface area contributed by atoms with Crippen molar-refractivity contribution in [2.45, 2.75) is 9.24 Å². The smallest absolute Gasteiger partial charge is 0.130 e. The zero-order chi connectivity index (χ0) is 11.1. The van der Waals surface area contributed by atoms with Crippen LogP contribution in [0, 0.1) is 34.0 Å². The van der Waals surface area contributed by atoms with Crippen LogP contribution in [0.25, 0.3) is 0 Å². The number of rotatable bonds is 4. The molecule has 0 unspecified atom stereocenters. The van der Waals surface area contributed by atoms with Gasteiger partial charge in [0.1, 0.15) is 20.9 Å². The summed E-state index contributed by atoms with van der Waals surface area (Å²) in [6.07, 6.45) is 0. The van der Waals surface area contributed by atoms with Crippen LogP contribution in [-0.2, 0) is 0 Å². The quantitative estimate of drug-likeness (QED) is 0.764. The molecule has 0 spiro atoms. The SMILES string of the molecule is N#CCSc1nsc(SCC#N)c1C#N. The maximum Gasteiger partial charge on any atom is 0.130 e. The molecule has 0 bridgehead atoms. The van der Waals surface area contributed by atoms with E-state index in [9.17, 15) is 0 Å². The van der Waals surface area contributed by atoms with Gasteiger partial charge >= 0.3 is 0 Å². The molecule has 0 saturated carbocycles. The van der Waals surface area contributed by atoms with Crippen LogP contribution in [0.15, 0.2) is 9.24 Å².